The Labute approximate surface area is 112 Å². The van der Waals surface area contributed by atoms with Crippen molar-refractivity contribution >= 4 is 5.91 Å². The van der Waals surface area contributed by atoms with Crippen LogP contribution in [-0.4, -0.2) is 44.1 Å². The van der Waals surface area contributed by atoms with E-state index in [1.54, 1.807) is 25.2 Å². The SMILES string of the molecule is C#CCNCC(=O)N(C)CCOc1ccccc1F. The van der Waals surface area contributed by atoms with Crippen LogP contribution in [0.25, 0.3) is 0 Å². The highest BCUT2D eigenvalue weighted by Gasteiger charge is 2.08. The predicted octanol–water partition coefficient (Wildman–Crippen LogP) is 0.886. The first kappa shape index (κ1) is 15.0. The number of hydrogen-bond donors (Lipinski definition) is 1. The summed E-state index contributed by atoms with van der Waals surface area (Å²) in [5.74, 6) is 2.07. The fraction of sp³-hybridized carbons (Fsp3) is 0.357. The molecule has 19 heavy (non-hydrogen) atoms. The van der Waals surface area contributed by atoms with Gasteiger partial charge in [-0.1, -0.05) is 18.1 Å². The van der Waals surface area contributed by atoms with Crippen molar-refractivity contribution in [1.29, 1.82) is 0 Å². The molecule has 4 nitrogen and oxygen atoms in total. The summed E-state index contributed by atoms with van der Waals surface area (Å²) in [4.78, 5) is 13.1. The molecule has 0 radical (unpaired) electrons. The van der Waals surface area contributed by atoms with Gasteiger partial charge in [0.05, 0.1) is 19.6 Å². The maximum absolute atomic E-state index is 13.2. The standard InChI is InChI=1S/C14H17FN2O2/c1-3-8-16-11-14(18)17(2)9-10-19-13-7-5-4-6-12(13)15/h1,4-7,16H,8-11H2,2H3. The quantitative estimate of drug-likeness (QED) is 0.587. The molecular weight excluding hydrogens is 247 g/mol. The number of nitrogens with one attached hydrogen (secondary N) is 1. The van der Waals surface area contributed by atoms with Gasteiger partial charge in [-0.05, 0) is 12.1 Å². The zero-order valence-electron chi connectivity index (χ0n) is 10.9. The van der Waals surface area contributed by atoms with E-state index in [9.17, 15) is 9.18 Å². The zero-order chi connectivity index (χ0) is 14.1. The number of nitrogens with zero attached hydrogens (tertiary/aromatic N) is 1. The first-order chi connectivity index (χ1) is 9.15. The van der Waals surface area contributed by atoms with Gasteiger partial charge in [0.1, 0.15) is 6.61 Å². The second-order valence-electron chi connectivity index (χ2n) is 3.90. The Kier molecular flexibility index (Phi) is 6.41. The number of benzene rings is 1. The maximum Gasteiger partial charge on any atom is 0.236 e. The summed E-state index contributed by atoms with van der Waals surface area (Å²) < 4.78 is 18.5. The Bertz CT molecular complexity index is 457. The fourth-order valence-electron chi connectivity index (χ4n) is 1.36. The first-order valence-corrected chi connectivity index (χ1v) is 5.90. The number of rotatable bonds is 7. The highest BCUT2D eigenvalue weighted by atomic mass is 19.1. The molecule has 1 aromatic rings. The molecule has 5 heteroatoms. The Balaban J connectivity index is 2.27. The van der Waals surface area contributed by atoms with Crippen molar-refractivity contribution in [3.63, 3.8) is 0 Å². The lowest BCUT2D eigenvalue weighted by molar-refractivity contribution is -0.129. The van der Waals surface area contributed by atoms with E-state index < -0.39 is 5.82 Å². The van der Waals surface area contributed by atoms with E-state index in [1.165, 1.54) is 11.0 Å². The summed E-state index contributed by atoms with van der Waals surface area (Å²) in [5.41, 5.74) is 0. The number of carbonyl (C=O) groups excluding carboxylic acids is 1. The number of para-hydroxylation sites is 1. The van der Waals surface area contributed by atoms with E-state index in [2.05, 4.69) is 11.2 Å². The van der Waals surface area contributed by atoms with Crippen molar-refractivity contribution in [3.8, 4) is 18.1 Å². The molecule has 102 valence electrons. The second kappa shape index (κ2) is 8.11. The van der Waals surface area contributed by atoms with Crippen LogP contribution < -0.4 is 10.1 Å². The summed E-state index contributed by atoms with van der Waals surface area (Å²) in [6.45, 7) is 1.15. The van der Waals surface area contributed by atoms with Gasteiger partial charge < -0.3 is 9.64 Å². The van der Waals surface area contributed by atoms with Crippen molar-refractivity contribution in [2.75, 3.05) is 33.3 Å². The Morgan fingerprint density at radius 1 is 1.53 bits per heavy atom. The molecule has 0 aliphatic carbocycles. The molecule has 0 unspecified atom stereocenters. The minimum absolute atomic E-state index is 0.0904. The van der Waals surface area contributed by atoms with Gasteiger partial charge in [0.25, 0.3) is 0 Å². The van der Waals surface area contributed by atoms with Crippen molar-refractivity contribution in [1.82, 2.24) is 10.2 Å². The van der Waals surface area contributed by atoms with E-state index in [0.717, 1.165) is 0 Å². The zero-order valence-corrected chi connectivity index (χ0v) is 10.9. The molecule has 0 heterocycles. The first-order valence-electron chi connectivity index (χ1n) is 5.90. The van der Waals surface area contributed by atoms with Crippen molar-refractivity contribution in [2.45, 2.75) is 0 Å². The molecule has 0 fully saturated rings. The van der Waals surface area contributed by atoms with Crippen LogP contribution in [-0.2, 0) is 4.79 Å². The summed E-state index contributed by atoms with van der Waals surface area (Å²) >= 11 is 0. The fourth-order valence-corrected chi connectivity index (χ4v) is 1.36. The molecule has 0 saturated carbocycles. The number of ether oxygens (including phenoxy) is 1. The van der Waals surface area contributed by atoms with Crippen LogP contribution >= 0.6 is 0 Å². The number of carbonyl (C=O) groups is 1. The highest BCUT2D eigenvalue weighted by molar-refractivity contribution is 5.77. The average molecular weight is 264 g/mol. The van der Waals surface area contributed by atoms with Crippen molar-refractivity contribution < 1.29 is 13.9 Å². The number of terminal acetylenes is 1. The molecule has 1 amide bonds. The average Bonchev–Trinajstić information content (AvgIpc) is 2.41. The second-order valence-corrected chi connectivity index (χ2v) is 3.90. The van der Waals surface area contributed by atoms with Crippen LogP contribution in [0.3, 0.4) is 0 Å². The van der Waals surface area contributed by atoms with Gasteiger partial charge in [0.15, 0.2) is 11.6 Å². The molecular formula is C14H17FN2O2. The largest absolute Gasteiger partial charge is 0.489 e. The van der Waals surface area contributed by atoms with E-state index in [-0.39, 0.29) is 24.8 Å². The molecule has 1 aromatic carbocycles. The monoisotopic (exact) mass is 264 g/mol. The molecule has 0 aliphatic rings. The lowest BCUT2D eigenvalue weighted by Crippen LogP contribution is -2.37. The topological polar surface area (TPSA) is 41.6 Å². The van der Waals surface area contributed by atoms with Crippen LogP contribution in [0.1, 0.15) is 0 Å². The third-order valence-electron chi connectivity index (χ3n) is 2.45. The Hall–Kier alpha value is -2.06. The van der Waals surface area contributed by atoms with Crippen molar-refractivity contribution in [3.05, 3.63) is 30.1 Å². The summed E-state index contributed by atoms with van der Waals surface area (Å²) in [7, 11) is 1.66. The van der Waals surface area contributed by atoms with E-state index in [0.29, 0.717) is 13.1 Å². The van der Waals surface area contributed by atoms with Gasteiger partial charge in [-0.15, -0.1) is 6.42 Å². The third kappa shape index (κ3) is 5.40. The summed E-state index contributed by atoms with van der Waals surface area (Å²) in [5, 5.41) is 2.80. The third-order valence-corrected chi connectivity index (χ3v) is 2.45. The van der Waals surface area contributed by atoms with Gasteiger partial charge in [-0.3, -0.25) is 10.1 Å². The maximum atomic E-state index is 13.2. The lowest BCUT2D eigenvalue weighted by atomic mass is 10.3. The molecule has 0 bridgehead atoms. The van der Waals surface area contributed by atoms with Gasteiger partial charge in [-0.2, -0.15) is 0 Å². The minimum atomic E-state index is -0.410. The van der Waals surface area contributed by atoms with E-state index >= 15 is 0 Å². The number of likely N-dealkylation sites (N-methyl/N-ethyl adjacent to an activating group) is 1. The normalized spacial score (nSPS) is 9.74. The van der Waals surface area contributed by atoms with Gasteiger partial charge >= 0.3 is 0 Å². The van der Waals surface area contributed by atoms with Gasteiger partial charge in [0, 0.05) is 7.05 Å². The van der Waals surface area contributed by atoms with Crippen LogP contribution in [0.4, 0.5) is 4.39 Å². The van der Waals surface area contributed by atoms with Crippen LogP contribution in [0.5, 0.6) is 5.75 Å². The number of hydrogen-bond acceptors (Lipinski definition) is 3. The van der Waals surface area contributed by atoms with Crippen LogP contribution in [0, 0.1) is 18.2 Å². The Morgan fingerprint density at radius 2 is 2.26 bits per heavy atom. The van der Waals surface area contributed by atoms with Gasteiger partial charge in [-0.25, -0.2) is 4.39 Å². The molecule has 0 aromatic heterocycles. The Morgan fingerprint density at radius 3 is 2.95 bits per heavy atom. The highest BCUT2D eigenvalue weighted by Crippen LogP contribution is 2.14. The molecule has 0 aliphatic heterocycles. The molecule has 1 N–H and O–H groups in total. The molecule has 1 rings (SSSR count). The van der Waals surface area contributed by atoms with Crippen molar-refractivity contribution in [2.24, 2.45) is 0 Å². The van der Waals surface area contributed by atoms with Crippen LogP contribution in [0.2, 0.25) is 0 Å². The van der Waals surface area contributed by atoms with Gasteiger partial charge in [0.2, 0.25) is 5.91 Å². The number of halogens is 1. The minimum Gasteiger partial charge on any atom is -0.489 e. The van der Waals surface area contributed by atoms with Crippen LogP contribution in [0.15, 0.2) is 24.3 Å². The predicted molar refractivity (Wildman–Crippen MR) is 71.2 cm³/mol. The van der Waals surface area contributed by atoms with E-state index in [1.807, 2.05) is 0 Å². The number of amides is 1. The summed E-state index contributed by atoms with van der Waals surface area (Å²) in [6, 6.07) is 6.16. The molecule has 0 spiro atoms. The summed E-state index contributed by atoms with van der Waals surface area (Å²) in [6.07, 6.45) is 5.06. The molecule has 0 saturated heterocycles. The van der Waals surface area contributed by atoms with E-state index in [4.69, 9.17) is 11.2 Å². The smallest absolute Gasteiger partial charge is 0.236 e. The lowest BCUT2D eigenvalue weighted by Gasteiger charge is -2.17. The molecule has 0 atom stereocenters.